The number of rotatable bonds is 7. The van der Waals surface area contributed by atoms with Crippen molar-refractivity contribution in [2.45, 2.75) is 52.5 Å². The molecular weight excluding hydrogens is 232 g/mol. The third-order valence-corrected chi connectivity index (χ3v) is 3.63. The van der Waals surface area contributed by atoms with Gasteiger partial charge in [-0.05, 0) is 71.7 Å². The lowest BCUT2D eigenvalue weighted by Crippen LogP contribution is -2.33. The minimum Gasteiger partial charge on any atom is -0.326 e. The molecule has 108 valence electrons. The van der Waals surface area contributed by atoms with Crippen LogP contribution in [0.4, 0.5) is 0 Å². The summed E-state index contributed by atoms with van der Waals surface area (Å²) >= 11 is 0. The van der Waals surface area contributed by atoms with Crippen molar-refractivity contribution >= 4 is 0 Å². The van der Waals surface area contributed by atoms with Crippen LogP contribution in [0.5, 0.6) is 0 Å². The maximum Gasteiger partial charge on any atom is 0.00975 e. The third kappa shape index (κ3) is 6.74. The van der Waals surface area contributed by atoms with Crippen LogP contribution in [0.15, 0.2) is 18.2 Å². The smallest absolute Gasteiger partial charge is 0.00975 e. The van der Waals surface area contributed by atoms with E-state index in [2.05, 4.69) is 57.8 Å². The Morgan fingerprint density at radius 3 is 2.47 bits per heavy atom. The van der Waals surface area contributed by atoms with Crippen molar-refractivity contribution in [2.24, 2.45) is 5.73 Å². The van der Waals surface area contributed by atoms with Crippen molar-refractivity contribution < 1.29 is 0 Å². The lowest BCUT2D eigenvalue weighted by Gasteiger charge is -2.22. The molecule has 1 aromatic carbocycles. The fourth-order valence-corrected chi connectivity index (χ4v) is 2.30. The summed E-state index contributed by atoms with van der Waals surface area (Å²) in [5.41, 5.74) is 10.2. The Morgan fingerprint density at radius 1 is 1.16 bits per heavy atom. The number of nitrogens with two attached hydrogens (primary N) is 1. The molecule has 0 heterocycles. The highest BCUT2D eigenvalue weighted by molar-refractivity contribution is 5.30. The zero-order valence-corrected chi connectivity index (χ0v) is 13.3. The van der Waals surface area contributed by atoms with E-state index in [1.165, 1.54) is 23.1 Å². The van der Waals surface area contributed by atoms with Crippen molar-refractivity contribution in [1.82, 2.24) is 4.90 Å². The highest BCUT2D eigenvalue weighted by Gasteiger charge is 2.10. The van der Waals surface area contributed by atoms with Gasteiger partial charge in [0.1, 0.15) is 0 Å². The first kappa shape index (κ1) is 16.2. The van der Waals surface area contributed by atoms with E-state index in [1.807, 2.05) is 0 Å². The average molecular weight is 262 g/mol. The number of likely N-dealkylation sites (N-methyl/N-ethyl adjacent to an activating group) is 1. The molecule has 0 aromatic heterocycles. The van der Waals surface area contributed by atoms with Gasteiger partial charge in [-0.15, -0.1) is 0 Å². The molecule has 2 nitrogen and oxygen atoms in total. The van der Waals surface area contributed by atoms with Gasteiger partial charge in [-0.3, -0.25) is 0 Å². The van der Waals surface area contributed by atoms with Gasteiger partial charge in [0.2, 0.25) is 0 Å². The molecule has 0 saturated carbocycles. The van der Waals surface area contributed by atoms with Gasteiger partial charge in [0.25, 0.3) is 0 Å². The van der Waals surface area contributed by atoms with E-state index in [0.29, 0.717) is 0 Å². The number of nitrogens with zero attached hydrogens (tertiary/aromatic N) is 1. The highest BCUT2D eigenvalue weighted by atomic mass is 15.1. The van der Waals surface area contributed by atoms with Crippen LogP contribution >= 0.6 is 0 Å². The van der Waals surface area contributed by atoms with Crippen molar-refractivity contribution in [3.63, 3.8) is 0 Å². The first-order valence-corrected chi connectivity index (χ1v) is 7.31. The monoisotopic (exact) mass is 262 g/mol. The molecule has 0 aliphatic carbocycles. The maximum atomic E-state index is 6.00. The summed E-state index contributed by atoms with van der Waals surface area (Å²) in [5.74, 6) is 0. The Kier molecular flexibility index (Phi) is 6.02. The first-order chi connectivity index (χ1) is 8.78. The molecule has 0 aliphatic rings. The molecule has 19 heavy (non-hydrogen) atoms. The number of hydrogen-bond acceptors (Lipinski definition) is 2. The van der Waals surface area contributed by atoms with Crippen molar-refractivity contribution in [2.75, 3.05) is 20.1 Å². The molecule has 0 saturated heterocycles. The SMILES string of the molecule is Cc1ccc(C)c(CCN(C)CCCC(C)(C)N)c1. The van der Waals surface area contributed by atoms with Crippen molar-refractivity contribution in [3.05, 3.63) is 34.9 Å². The quantitative estimate of drug-likeness (QED) is 0.817. The molecule has 0 amide bonds. The molecule has 0 atom stereocenters. The lowest BCUT2D eigenvalue weighted by molar-refractivity contribution is 0.312. The van der Waals surface area contributed by atoms with Gasteiger partial charge in [0, 0.05) is 12.1 Å². The fraction of sp³-hybridized carbons (Fsp3) is 0.647. The van der Waals surface area contributed by atoms with Crippen LogP contribution in [-0.4, -0.2) is 30.6 Å². The summed E-state index contributed by atoms with van der Waals surface area (Å²) in [4.78, 5) is 2.41. The number of hydrogen-bond donors (Lipinski definition) is 1. The van der Waals surface area contributed by atoms with E-state index in [0.717, 1.165) is 25.9 Å². The second kappa shape index (κ2) is 7.06. The second-order valence-corrected chi connectivity index (χ2v) is 6.58. The average Bonchev–Trinajstić information content (AvgIpc) is 2.28. The Balaban J connectivity index is 2.34. The minimum atomic E-state index is -0.0338. The molecule has 0 spiro atoms. The molecule has 0 aliphatic heterocycles. The molecule has 2 N–H and O–H groups in total. The molecule has 1 aromatic rings. The Morgan fingerprint density at radius 2 is 1.84 bits per heavy atom. The van der Waals surface area contributed by atoms with E-state index >= 15 is 0 Å². The van der Waals surface area contributed by atoms with E-state index in [-0.39, 0.29) is 5.54 Å². The fourth-order valence-electron chi connectivity index (χ4n) is 2.30. The van der Waals surface area contributed by atoms with E-state index in [1.54, 1.807) is 0 Å². The molecule has 1 rings (SSSR count). The van der Waals surface area contributed by atoms with Crippen LogP contribution in [-0.2, 0) is 6.42 Å². The molecule has 0 radical (unpaired) electrons. The molecule has 0 fully saturated rings. The Labute approximate surface area is 119 Å². The second-order valence-electron chi connectivity index (χ2n) is 6.58. The van der Waals surface area contributed by atoms with Crippen LogP contribution in [0.2, 0.25) is 0 Å². The molecule has 2 heteroatoms. The van der Waals surface area contributed by atoms with Crippen molar-refractivity contribution in [3.8, 4) is 0 Å². The first-order valence-electron chi connectivity index (χ1n) is 7.31. The van der Waals surface area contributed by atoms with Gasteiger partial charge in [0.15, 0.2) is 0 Å². The normalized spacial score (nSPS) is 12.2. The van der Waals surface area contributed by atoms with Gasteiger partial charge >= 0.3 is 0 Å². The summed E-state index contributed by atoms with van der Waals surface area (Å²) in [6, 6.07) is 6.72. The van der Waals surface area contributed by atoms with Gasteiger partial charge < -0.3 is 10.6 Å². The Bertz CT molecular complexity index is 391. The largest absolute Gasteiger partial charge is 0.326 e. The lowest BCUT2D eigenvalue weighted by atomic mass is 10.00. The van der Waals surface area contributed by atoms with Crippen molar-refractivity contribution in [1.29, 1.82) is 0 Å². The standard InChI is InChI=1S/C17H30N2/c1-14-7-8-15(2)16(13-14)9-12-19(5)11-6-10-17(3,4)18/h7-8,13H,6,9-12,18H2,1-5H3. The van der Waals surface area contributed by atoms with E-state index in [4.69, 9.17) is 5.73 Å². The predicted octanol–water partition coefficient (Wildman–Crippen LogP) is 3.30. The summed E-state index contributed by atoms with van der Waals surface area (Å²) in [7, 11) is 2.20. The summed E-state index contributed by atoms with van der Waals surface area (Å²) in [6.07, 6.45) is 3.39. The van der Waals surface area contributed by atoms with Gasteiger partial charge in [0.05, 0.1) is 0 Å². The molecular formula is C17H30N2. The van der Waals surface area contributed by atoms with E-state index in [9.17, 15) is 0 Å². The topological polar surface area (TPSA) is 29.3 Å². The number of benzene rings is 1. The summed E-state index contributed by atoms with van der Waals surface area (Å²) in [6.45, 7) is 10.8. The van der Waals surface area contributed by atoms with Gasteiger partial charge in [-0.25, -0.2) is 0 Å². The zero-order valence-electron chi connectivity index (χ0n) is 13.3. The minimum absolute atomic E-state index is 0.0338. The third-order valence-electron chi connectivity index (χ3n) is 3.63. The van der Waals surface area contributed by atoms with E-state index < -0.39 is 0 Å². The van der Waals surface area contributed by atoms with Crippen LogP contribution in [0.1, 0.15) is 43.4 Å². The predicted molar refractivity (Wildman–Crippen MR) is 84.6 cm³/mol. The summed E-state index contributed by atoms with van der Waals surface area (Å²) in [5, 5.41) is 0. The van der Waals surface area contributed by atoms with Crippen LogP contribution in [0.3, 0.4) is 0 Å². The molecule has 0 bridgehead atoms. The van der Waals surface area contributed by atoms with Crippen LogP contribution < -0.4 is 5.73 Å². The van der Waals surface area contributed by atoms with Crippen LogP contribution in [0.25, 0.3) is 0 Å². The zero-order chi connectivity index (χ0) is 14.5. The highest BCUT2D eigenvalue weighted by Crippen LogP contribution is 2.12. The number of aryl methyl sites for hydroxylation is 2. The van der Waals surface area contributed by atoms with Gasteiger partial charge in [-0.2, -0.15) is 0 Å². The summed E-state index contributed by atoms with van der Waals surface area (Å²) < 4.78 is 0. The molecule has 0 unspecified atom stereocenters. The maximum absolute atomic E-state index is 6.00. The van der Waals surface area contributed by atoms with Gasteiger partial charge in [-0.1, -0.05) is 23.8 Å². The Hall–Kier alpha value is -0.860. The van der Waals surface area contributed by atoms with Crippen LogP contribution in [0, 0.1) is 13.8 Å².